The van der Waals surface area contributed by atoms with E-state index in [1.807, 2.05) is 0 Å². The number of aliphatic carboxylic acids is 1. The lowest BCUT2D eigenvalue weighted by atomic mass is 10.0. The third kappa shape index (κ3) is 3.74. The van der Waals surface area contributed by atoms with E-state index in [-0.39, 0.29) is 30.4 Å². The van der Waals surface area contributed by atoms with E-state index in [1.54, 1.807) is 30.2 Å². The van der Waals surface area contributed by atoms with Crippen molar-refractivity contribution in [2.24, 2.45) is 13.0 Å². The molecule has 0 radical (unpaired) electrons. The average molecular weight is 367 g/mol. The molecule has 134 valence electrons. The molecule has 2 N–H and O–H groups in total. The molecule has 1 aliphatic rings. The molecule has 0 aliphatic carbocycles. The van der Waals surface area contributed by atoms with Gasteiger partial charge in [0.1, 0.15) is 4.90 Å². The van der Waals surface area contributed by atoms with Crippen LogP contribution in [0.15, 0.2) is 35.5 Å². The maximum atomic E-state index is 12.5. The second-order valence-corrected chi connectivity index (χ2v) is 7.34. The fraction of sp³-hybridized carbons (Fsp3) is 0.333. The summed E-state index contributed by atoms with van der Waals surface area (Å²) >= 11 is 0. The molecule has 1 aromatic carbocycles. The largest absolute Gasteiger partial charge is 0.481 e. The quantitative estimate of drug-likeness (QED) is 0.725. The average Bonchev–Trinajstić information content (AvgIpc) is 3.19. The first-order valence-corrected chi connectivity index (χ1v) is 8.94. The summed E-state index contributed by atoms with van der Waals surface area (Å²) in [6, 6.07) is 4.52. The highest BCUT2D eigenvalue weighted by atomic mass is 32.2. The van der Waals surface area contributed by atoms with Crippen LogP contribution in [-0.2, 0) is 28.3 Å². The SMILES string of the molecule is Cn1cc(CC(CNS(=O)(=O)c2cccc3c2OCO3)C(=O)O)cn1. The number of carboxylic acids is 1. The Balaban J connectivity index is 1.74. The number of nitrogens with zero attached hydrogens (tertiary/aromatic N) is 2. The predicted molar refractivity (Wildman–Crippen MR) is 85.8 cm³/mol. The summed E-state index contributed by atoms with van der Waals surface area (Å²) in [5, 5.41) is 13.3. The van der Waals surface area contributed by atoms with E-state index in [2.05, 4.69) is 9.82 Å². The van der Waals surface area contributed by atoms with Crippen molar-refractivity contribution in [3.63, 3.8) is 0 Å². The lowest BCUT2D eigenvalue weighted by molar-refractivity contribution is -0.141. The minimum Gasteiger partial charge on any atom is -0.481 e. The van der Waals surface area contributed by atoms with Crippen molar-refractivity contribution in [3.05, 3.63) is 36.2 Å². The van der Waals surface area contributed by atoms with Crippen molar-refractivity contribution >= 4 is 16.0 Å². The van der Waals surface area contributed by atoms with Crippen molar-refractivity contribution in [1.29, 1.82) is 0 Å². The molecule has 25 heavy (non-hydrogen) atoms. The van der Waals surface area contributed by atoms with Gasteiger partial charge in [-0.1, -0.05) is 6.07 Å². The minimum absolute atomic E-state index is 0.0549. The van der Waals surface area contributed by atoms with E-state index in [4.69, 9.17) is 9.47 Å². The van der Waals surface area contributed by atoms with Crippen molar-refractivity contribution in [3.8, 4) is 11.5 Å². The molecule has 10 heteroatoms. The second-order valence-electron chi connectivity index (χ2n) is 5.60. The second kappa shape index (κ2) is 6.73. The van der Waals surface area contributed by atoms with Crippen LogP contribution in [0, 0.1) is 5.92 Å². The highest BCUT2D eigenvalue weighted by Crippen LogP contribution is 2.37. The van der Waals surface area contributed by atoms with E-state index in [9.17, 15) is 18.3 Å². The molecule has 1 unspecified atom stereocenters. The van der Waals surface area contributed by atoms with E-state index < -0.39 is 21.9 Å². The third-order valence-electron chi connectivity index (χ3n) is 3.76. The lowest BCUT2D eigenvalue weighted by Crippen LogP contribution is -2.34. The first-order chi connectivity index (χ1) is 11.9. The fourth-order valence-corrected chi connectivity index (χ4v) is 3.75. The van der Waals surface area contributed by atoms with Crippen LogP contribution in [0.25, 0.3) is 0 Å². The fourth-order valence-electron chi connectivity index (χ4n) is 2.51. The number of sulfonamides is 1. The van der Waals surface area contributed by atoms with Crippen LogP contribution in [0.2, 0.25) is 0 Å². The highest BCUT2D eigenvalue weighted by molar-refractivity contribution is 7.89. The van der Waals surface area contributed by atoms with Crippen LogP contribution in [-0.4, -0.2) is 42.6 Å². The molecule has 2 heterocycles. The van der Waals surface area contributed by atoms with Gasteiger partial charge in [-0.15, -0.1) is 0 Å². The Labute approximate surface area is 144 Å². The normalized spacial score (nSPS) is 14.4. The number of aromatic nitrogens is 2. The number of aryl methyl sites for hydroxylation is 1. The van der Waals surface area contributed by atoms with Gasteiger partial charge < -0.3 is 14.6 Å². The maximum Gasteiger partial charge on any atom is 0.308 e. The summed E-state index contributed by atoms with van der Waals surface area (Å²) in [5.74, 6) is -1.54. The van der Waals surface area contributed by atoms with Crippen LogP contribution in [0.3, 0.4) is 0 Å². The van der Waals surface area contributed by atoms with Crippen LogP contribution in [0.5, 0.6) is 11.5 Å². The topological polar surface area (TPSA) is 120 Å². The maximum absolute atomic E-state index is 12.5. The van der Waals surface area contributed by atoms with Crippen LogP contribution in [0.4, 0.5) is 0 Å². The zero-order valence-electron chi connectivity index (χ0n) is 13.4. The van der Waals surface area contributed by atoms with E-state index >= 15 is 0 Å². The van der Waals surface area contributed by atoms with E-state index in [0.717, 1.165) is 0 Å². The minimum atomic E-state index is -3.94. The Morgan fingerprint density at radius 3 is 2.92 bits per heavy atom. The molecule has 1 atom stereocenters. The Bertz CT molecular complexity index is 892. The smallest absolute Gasteiger partial charge is 0.308 e. The number of ether oxygens (including phenoxy) is 2. The number of fused-ring (bicyclic) bond motifs is 1. The third-order valence-corrected chi connectivity index (χ3v) is 5.21. The molecule has 2 aromatic rings. The number of hydrogen-bond donors (Lipinski definition) is 2. The van der Waals surface area contributed by atoms with Crippen molar-refractivity contribution in [2.75, 3.05) is 13.3 Å². The van der Waals surface area contributed by atoms with Crippen LogP contribution < -0.4 is 14.2 Å². The predicted octanol–water partition coefficient (Wildman–Crippen LogP) is 0.371. The monoisotopic (exact) mass is 367 g/mol. The molecule has 0 bridgehead atoms. The Kier molecular flexibility index (Phi) is 4.64. The molecular weight excluding hydrogens is 350 g/mol. The van der Waals surface area contributed by atoms with E-state index in [1.165, 1.54) is 12.1 Å². The molecule has 1 aromatic heterocycles. The van der Waals surface area contributed by atoms with Crippen LogP contribution >= 0.6 is 0 Å². The van der Waals surface area contributed by atoms with Gasteiger partial charge in [-0.25, -0.2) is 13.1 Å². The van der Waals surface area contributed by atoms with Gasteiger partial charge in [-0.2, -0.15) is 5.10 Å². The highest BCUT2D eigenvalue weighted by Gasteiger charge is 2.28. The molecular formula is C15H17N3O6S. The number of carbonyl (C=O) groups is 1. The molecule has 0 saturated heterocycles. The Morgan fingerprint density at radius 2 is 2.24 bits per heavy atom. The van der Waals surface area contributed by atoms with Gasteiger partial charge >= 0.3 is 5.97 Å². The number of para-hydroxylation sites is 1. The van der Waals surface area contributed by atoms with Gasteiger partial charge in [0.15, 0.2) is 11.5 Å². The van der Waals surface area contributed by atoms with E-state index in [0.29, 0.717) is 11.3 Å². The molecule has 9 nitrogen and oxygen atoms in total. The summed E-state index contributed by atoms with van der Waals surface area (Å²) in [5.41, 5.74) is 0.714. The van der Waals surface area contributed by atoms with Crippen molar-refractivity contribution < 1.29 is 27.8 Å². The summed E-state index contributed by atoms with van der Waals surface area (Å²) in [6.07, 6.45) is 3.41. The lowest BCUT2D eigenvalue weighted by Gasteiger charge is -2.13. The van der Waals surface area contributed by atoms with Gasteiger partial charge in [-0.05, 0) is 24.1 Å². The molecule has 0 fully saturated rings. The van der Waals surface area contributed by atoms with Gasteiger partial charge in [0.25, 0.3) is 0 Å². The van der Waals surface area contributed by atoms with Gasteiger partial charge in [-0.3, -0.25) is 9.48 Å². The molecule has 0 spiro atoms. The summed E-state index contributed by atoms with van der Waals surface area (Å²) < 4.78 is 39.3. The van der Waals surface area contributed by atoms with Crippen LogP contribution in [0.1, 0.15) is 5.56 Å². The number of rotatable bonds is 7. The van der Waals surface area contributed by atoms with Crippen molar-refractivity contribution in [2.45, 2.75) is 11.3 Å². The Morgan fingerprint density at radius 1 is 1.44 bits per heavy atom. The number of nitrogens with one attached hydrogen (secondary N) is 1. The van der Waals surface area contributed by atoms with Gasteiger partial charge in [0.05, 0.1) is 12.1 Å². The van der Waals surface area contributed by atoms with Crippen molar-refractivity contribution in [1.82, 2.24) is 14.5 Å². The molecule has 3 rings (SSSR count). The first-order valence-electron chi connectivity index (χ1n) is 7.45. The molecule has 0 amide bonds. The molecule has 1 aliphatic heterocycles. The summed E-state index contributed by atoms with van der Waals surface area (Å²) in [4.78, 5) is 11.4. The summed E-state index contributed by atoms with van der Waals surface area (Å²) in [7, 11) is -2.22. The Hall–Kier alpha value is -2.59. The molecule has 0 saturated carbocycles. The number of benzene rings is 1. The number of carboxylic acid groups (broad SMARTS) is 1. The van der Waals surface area contributed by atoms with Gasteiger partial charge in [0, 0.05) is 19.8 Å². The standard InChI is InChI=1S/C15H17N3O6S/c1-18-8-10(6-16-18)5-11(15(19)20)7-17-25(21,22)13-4-2-3-12-14(13)24-9-23-12/h2-4,6,8,11,17H,5,7,9H2,1H3,(H,19,20). The zero-order chi connectivity index (χ0) is 18.0. The zero-order valence-corrected chi connectivity index (χ0v) is 14.2. The summed E-state index contributed by atoms with van der Waals surface area (Å²) in [6.45, 7) is -0.308. The number of hydrogen-bond acceptors (Lipinski definition) is 6. The first kappa shape index (κ1) is 17.2. The van der Waals surface area contributed by atoms with Gasteiger partial charge in [0.2, 0.25) is 16.8 Å².